The lowest BCUT2D eigenvalue weighted by Gasteiger charge is -2.07. The molecule has 2 aromatic rings. The maximum absolute atomic E-state index is 13.5. The molecule has 0 amide bonds. The lowest BCUT2D eigenvalue weighted by molar-refractivity contribution is -0.387. The number of hydrogen-bond donors (Lipinski definition) is 2. The summed E-state index contributed by atoms with van der Waals surface area (Å²) in [5, 5.41) is 10.2. The fourth-order valence-electron chi connectivity index (χ4n) is 1.35. The second-order valence-electron chi connectivity index (χ2n) is 3.56. The van der Waals surface area contributed by atoms with Crippen molar-refractivity contribution in [1.82, 2.24) is 9.97 Å². The number of rotatable bonds is 4. The molecule has 11 heteroatoms. The normalized spacial score (nSPS) is 11.3. The summed E-state index contributed by atoms with van der Waals surface area (Å²) in [5.41, 5.74) is -1.79. The quantitative estimate of drug-likeness (QED) is 0.653. The van der Waals surface area contributed by atoms with Crippen LogP contribution >= 0.6 is 0 Å². The Morgan fingerprint density at radius 3 is 2.55 bits per heavy atom. The first-order chi connectivity index (χ1) is 9.31. The number of anilines is 1. The van der Waals surface area contributed by atoms with Gasteiger partial charge < -0.3 is 4.98 Å². The van der Waals surface area contributed by atoms with Crippen LogP contribution in [0.4, 0.5) is 20.2 Å². The van der Waals surface area contributed by atoms with Crippen molar-refractivity contribution in [2.45, 2.75) is 5.03 Å². The van der Waals surface area contributed by atoms with Gasteiger partial charge in [0, 0.05) is 12.1 Å². The van der Waals surface area contributed by atoms with E-state index in [-0.39, 0.29) is 11.1 Å². The number of imidazole rings is 1. The van der Waals surface area contributed by atoms with E-state index in [0.717, 1.165) is 12.5 Å². The van der Waals surface area contributed by atoms with Gasteiger partial charge in [-0.25, -0.2) is 9.37 Å². The highest BCUT2D eigenvalue weighted by Gasteiger charge is 2.23. The van der Waals surface area contributed by atoms with Crippen LogP contribution in [0.25, 0.3) is 0 Å². The number of aromatic amines is 1. The molecule has 1 heterocycles. The molecule has 0 aliphatic rings. The molecule has 106 valence electrons. The Morgan fingerprint density at radius 2 is 2.00 bits per heavy atom. The molecule has 0 fully saturated rings. The van der Waals surface area contributed by atoms with Gasteiger partial charge in [0.25, 0.3) is 10.0 Å². The third-order valence-electron chi connectivity index (χ3n) is 2.24. The largest absolute Gasteiger partial charge is 0.334 e. The number of nitro benzene ring substituents is 1. The molecule has 20 heavy (non-hydrogen) atoms. The molecule has 0 bridgehead atoms. The van der Waals surface area contributed by atoms with Gasteiger partial charge in [0.1, 0.15) is 0 Å². The van der Waals surface area contributed by atoms with Crippen LogP contribution in [0.5, 0.6) is 0 Å². The minimum atomic E-state index is -4.20. The smallest absolute Gasteiger partial charge is 0.307 e. The van der Waals surface area contributed by atoms with E-state index in [0.29, 0.717) is 6.07 Å². The second-order valence-corrected chi connectivity index (χ2v) is 5.21. The summed E-state index contributed by atoms with van der Waals surface area (Å²) in [5.74, 6) is -2.69. The number of H-pyrrole nitrogens is 1. The van der Waals surface area contributed by atoms with Gasteiger partial charge in [-0.3, -0.25) is 14.8 Å². The SMILES string of the molecule is O=[N+]([O-])c1cc(NS(=O)(=O)c2cnc[nH]2)c(F)cc1F. The van der Waals surface area contributed by atoms with Gasteiger partial charge in [-0.05, 0) is 0 Å². The predicted octanol–water partition coefficient (Wildman–Crippen LogP) is 1.40. The van der Waals surface area contributed by atoms with Gasteiger partial charge in [-0.2, -0.15) is 12.8 Å². The summed E-state index contributed by atoms with van der Waals surface area (Å²) in [6, 6.07) is 0.682. The Hall–Kier alpha value is -2.56. The Morgan fingerprint density at radius 1 is 1.30 bits per heavy atom. The van der Waals surface area contributed by atoms with Crippen LogP contribution < -0.4 is 4.72 Å². The topological polar surface area (TPSA) is 118 Å². The average molecular weight is 304 g/mol. The molecule has 2 N–H and O–H groups in total. The second kappa shape index (κ2) is 4.85. The van der Waals surface area contributed by atoms with Crippen LogP contribution in [0.1, 0.15) is 0 Å². The lowest BCUT2D eigenvalue weighted by atomic mass is 10.2. The summed E-state index contributed by atoms with van der Waals surface area (Å²) in [6.07, 6.45) is 2.04. The zero-order valence-corrected chi connectivity index (χ0v) is 10.3. The molecule has 2 rings (SSSR count). The van der Waals surface area contributed by atoms with Gasteiger partial charge in [0.2, 0.25) is 5.82 Å². The first-order valence-corrected chi connectivity index (χ1v) is 6.44. The molecule has 8 nitrogen and oxygen atoms in total. The number of benzene rings is 1. The number of halogens is 2. The molecule has 0 atom stereocenters. The molecule has 0 spiro atoms. The molecule has 0 unspecified atom stereocenters. The van der Waals surface area contributed by atoms with E-state index < -0.39 is 38.0 Å². The number of sulfonamides is 1. The van der Waals surface area contributed by atoms with Crippen LogP contribution in [0.3, 0.4) is 0 Å². The van der Waals surface area contributed by atoms with Crippen LogP contribution in [-0.2, 0) is 10.0 Å². The first kappa shape index (κ1) is 13.9. The van der Waals surface area contributed by atoms with Crippen molar-refractivity contribution in [3.05, 3.63) is 46.4 Å². The van der Waals surface area contributed by atoms with E-state index in [1.165, 1.54) is 0 Å². The zero-order chi connectivity index (χ0) is 14.9. The first-order valence-electron chi connectivity index (χ1n) is 4.96. The number of nitrogens with one attached hydrogen (secondary N) is 2. The van der Waals surface area contributed by atoms with Crippen molar-refractivity contribution in [3.8, 4) is 0 Å². The van der Waals surface area contributed by atoms with E-state index >= 15 is 0 Å². The highest BCUT2D eigenvalue weighted by atomic mass is 32.2. The monoisotopic (exact) mass is 304 g/mol. The minimum Gasteiger partial charge on any atom is -0.334 e. The van der Waals surface area contributed by atoms with Crippen LogP contribution in [0.2, 0.25) is 0 Å². The van der Waals surface area contributed by atoms with Crippen LogP contribution in [0, 0.1) is 21.7 Å². The van der Waals surface area contributed by atoms with Crippen molar-refractivity contribution >= 4 is 21.4 Å². The zero-order valence-electron chi connectivity index (χ0n) is 9.50. The summed E-state index contributed by atoms with van der Waals surface area (Å²) in [6.45, 7) is 0. The molecule has 1 aromatic heterocycles. The number of aromatic nitrogens is 2. The van der Waals surface area contributed by atoms with Gasteiger partial charge in [0.05, 0.1) is 23.1 Å². The van der Waals surface area contributed by atoms with E-state index in [9.17, 15) is 27.3 Å². The Kier molecular flexibility index (Phi) is 3.36. The number of nitro groups is 1. The standard InChI is InChI=1S/C9H6F2N4O4S/c10-5-1-6(11)8(15(16)17)2-7(5)14-20(18,19)9-3-12-4-13-9/h1-4,14H,(H,12,13). The Bertz CT molecular complexity index is 761. The molecule has 1 aromatic carbocycles. The fraction of sp³-hybridized carbons (Fsp3) is 0. The van der Waals surface area contributed by atoms with Gasteiger partial charge >= 0.3 is 5.69 Å². The molecular weight excluding hydrogens is 298 g/mol. The van der Waals surface area contributed by atoms with E-state index in [1.54, 1.807) is 4.72 Å². The van der Waals surface area contributed by atoms with Crippen molar-refractivity contribution in [3.63, 3.8) is 0 Å². The molecule has 0 saturated carbocycles. The van der Waals surface area contributed by atoms with Crippen LogP contribution in [0.15, 0.2) is 29.7 Å². The number of nitrogens with zero attached hydrogens (tertiary/aromatic N) is 2. The third kappa shape index (κ3) is 2.56. The van der Waals surface area contributed by atoms with Gasteiger partial charge in [-0.15, -0.1) is 0 Å². The number of hydrogen-bond acceptors (Lipinski definition) is 5. The summed E-state index contributed by atoms with van der Waals surface area (Å²) in [4.78, 5) is 15.2. The highest BCUT2D eigenvalue weighted by molar-refractivity contribution is 7.92. The minimum absolute atomic E-state index is 0.225. The maximum Gasteiger partial charge on any atom is 0.307 e. The van der Waals surface area contributed by atoms with Crippen molar-refractivity contribution in [1.29, 1.82) is 0 Å². The Labute approximate surface area is 110 Å². The van der Waals surface area contributed by atoms with Crippen molar-refractivity contribution in [2.24, 2.45) is 0 Å². The Balaban J connectivity index is 2.44. The fourth-order valence-corrected chi connectivity index (χ4v) is 2.31. The van der Waals surface area contributed by atoms with Crippen LogP contribution in [-0.4, -0.2) is 23.3 Å². The summed E-state index contributed by atoms with van der Waals surface area (Å²) >= 11 is 0. The van der Waals surface area contributed by atoms with Crippen molar-refractivity contribution in [2.75, 3.05) is 4.72 Å². The van der Waals surface area contributed by atoms with Gasteiger partial charge in [-0.1, -0.05) is 0 Å². The molecule has 0 aliphatic carbocycles. The highest BCUT2D eigenvalue weighted by Crippen LogP contribution is 2.26. The van der Waals surface area contributed by atoms with E-state index in [1.807, 2.05) is 0 Å². The lowest BCUT2D eigenvalue weighted by Crippen LogP contribution is -2.14. The molecule has 0 saturated heterocycles. The predicted molar refractivity (Wildman–Crippen MR) is 62.4 cm³/mol. The maximum atomic E-state index is 13.5. The molecule has 0 radical (unpaired) electrons. The average Bonchev–Trinajstić information content (AvgIpc) is 2.86. The molecular formula is C9H6F2N4O4S. The van der Waals surface area contributed by atoms with Crippen molar-refractivity contribution < 1.29 is 22.1 Å². The van der Waals surface area contributed by atoms with Gasteiger partial charge in [0.15, 0.2) is 10.8 Å². The third-order valence-corrected chi connectivity index (χ3v) is 3.53. The summed E-state index contributed by atoms with van der Waals surface area (Å²) in [7, 11) is -4.20. The van der Waals surface area contributed by atoms with E-state index in [2.05, 4.69) is 9.97 Å². The summed E-state index contributed by atoms with van der Waals surface area (Å²) < 4.78 is 51.9. The van der Waals surface area contributed by atoms with E-state index in [4.69, 9.17) is 0 Å². The molecule has 0 aliphatic heterocycles.